The normalized spacial score (nSPS) is 19.3. The van der Waals surface area contributed by atoms with Gasteiger partial charge in [-0.3, -0.25) is 4.79 Å². The third-order valence-corrected chi connectivity index (χ3v) is 11.0. The van der Waals surface area contributed by atoms with Crippen LogP contribution in [0, 0.1) is 11.8 Å². The van der Waals surface area contributed by atoms with E-state index in [9.17, 15) is 4.79 Å². The summed E-state index contributed by atoms with van der Waals surface area (Å²) in [7, 11) is -2.50. The van der Waals surface area contributed by atoms with Crippen LogP contribution in [0.2, 0.25) is 5.04 Å². The molecule has 0 saturated heterocycles. The summed E-state index contributed by atoms with van der Waals surface area (Å²) in [6.07, 6.45) is 2.80. The first-order valence-corrected chi connectivity index (χ1v) is 12.0. The molecule has 144 valence electrons. The van der Waals surface area contributed by atoms with E-state index in [4.69, 9.17) is 4.43 Å². The lowest BCUT2D eigenvalue weighted by Gasteiger charge is -2.43. The maximum Gasteiger partial charge on any atom is 0.261 e. The summed E-state index contributed by atoms with van der Waals surface area (Å²) in [5.74, 6) is 0.860. The summed E-state index contributed by atoms with van der Waals surface area (Å²) in [5, 5.41) is 2.58. The Labute approximate surface area is 165 Å². The second-order valence-corrected chi connectivity index (χ2v) is 13.2. The van der Waals surface area contributed by atoms with Crippen LogP contribution in [-0.2, 0) is 9.22 Å². The fourth-order valence-electron chi connectivity index (χ4n) is 4.58. The lowest BCUT2D eigenvalue weighted by atomic mass is 9.93. The molecule has 0 spiro atoms. The van der Waals surface area contributed by atoms with Gasteiger partial charge >= 0.3 is 0 Å². The molecule has 1 fully saturated rings. The molecule has 0 N–H and O–H groups in total. The highest BCUT2D eigenvalue weighted by Crippen LogP contribution is 2.38. The molecule has 1 saturated carbocycles. The number of hydrogen-bond acceptors (Lipinski definition) is 2. The first-order chi connectivity index (χ1) is 12.9. The number of hydrogen-bond donors (Lipinski definition) is 0. The van der Waals surface area contributed by atoms with E-state index in [1.54, 1.807) is 0 Å². The van der Waals surface area contributed by atoms with Gasteiger partial charge in [-0.1, -0.05) is 88.4 Å². The highest BCUT2D eigenvalue weighted by atomic mass is 28.4. The summed E-state index contributed by atoms with van der Waals surface area (Å²) < 4.78 is 6.98. The first kappa shape index (κ1) is 20.0. The van der Waals surface area contributed by atoms with Gasteiger partial charge in [-0.05, 0) is 34.2 Å². The van der Waals surface area contributed by atoms with Crippen LogP contribution >= 0.6 is 0 Å². The van der Waals surface area contributed by atoms with Gasteiger partial charge in [0.1, 0.15) is 5.78 Å². The molecule has 2 aromatic rings. The lowest BCUT2D eigenvalue weighted by Crippen LogP contribution is -2.67. The molecule has 2 nitrogen and oxygen atoms in total. The van der Waals surface area contributed by atoms with Gasteiger partial charge in [0.15, 0.2) is 0 Å². The second kappa shape index (κ2) is 8.11. The van der Waals surface area contributed by atoms with Crippen LogP contribution in [-0.4, -0.2) is 20.7 Å². The van der Waals surface area contributed by atoms with Gasteiger partial charge in [-0.2, -0.15) is 0 Å². The van der Waals surface area contributed by atoms with E-state index in [0.29, 0.717) is 12.4 Å². The standard InChI is InChI=1S/C24H32O2Si/c1-19(22-16-11-17-23(22)25)18-26-27(24(2,3)4,20-12-7-5-8-13-20)21-14-9-6-10-15-21/h5-10,12-15,19,22H,11,16-18H2,1-4H3/t19-,22+/m0/s1. The Morgan fingerprint density at radius 2 is 1.52 bits per heavy atom. The minimum absolute atomic E-state index is 0.0187. The lowest BCUT2D eigenvalue weighted by molar-refractivity contribution is -0.122. The minimum atomic E-state index is -2.50. The summed E-state index contributed by atoms with van der Waals surface area (Å²) in [6.45, 7) is 9.72. The highest BCUT2D eigenvalue weighted by Gasteiger charge is 2.50. The van der Waals surface area contributed by atoms with E-state index in [0.717, 1.165) is 19.3 Å². The summed E-state index contributed by atoms with van der Waals surface area (Å²) in [6, 6.07) is 21.4. The Hall–Kier alpha value is -1.71. The molecule has 0 heterocycles. The van der Waals surface area contributed by atoms with Crippen LogP contribution in [0.25, 0.3) is 0 Å². The van der Waals surface area contributed by atoms with E-state index >= 15 is 0 Å². The van der Waals surface area contributed by atoms with Crippen molar-refractivity contribution in [3.05, 3.63) is 60.7 Å². The third kappa shape index (κ3) is 3.95. The van der Waals surface area contributed by atoms with Crippen molar-refractivity contribution in [2.24, 2.45) is 11.8 Å². The van der Waals surface area contributed by atoms with Crippen LogP contribution in [0.15, 0.2) is 60.7 Å². The van der Waals surface area contributed by atoms with Crippen molar-refractivity contribution in [3.63, 3.8) is 0 Å². The average Bonchev–Trinajstić information content (AvgIpc) is 3.09. The highest BCUT2D eigenvalue weighted by molar-refractivity contribution is 6.99. The fraction of sp³-hybridized carbons (Fsp3) is 0.458. The zero-order chi connectivity index (χ0) is 19.5. The molecular formula is C24H32O2Si. The molecule has 0 aliphatic heterocycles. The van der Waals surface area contributed by atoms with Gasteiger partial charge in [0, 0.05) is 18.9 Å². The van der Waals surface area contributed by atoms with Crippen LogP contribution in [0.3, 0.4) is 0 Å². The Morgan fingerprint density at radius 3 is 1.93 bits per heavy atom. The van der Waals surface area contributed by atoms with Crippen molar-refractivity contribution in [1.82, 2.24) is 0 Å². The zero-order valence-electron chi connectivity index (χ0n) is 17.1. The van der Waals surface area contributed by atoms with Crippen LogP contribution in [0.5, 0.6) is 0 Å². The number of ketones is 1. The molecule has 2 aromatic carbocycles. The Kier molecular flexibility index (Phi) is 6.02. The summed E-state index contributed by atoms with van der Waals surface area (Å²) in [4.78, 5) is 12.2. The van der Waals surface area contributed by atoms with Gasteiger partial charge in [-0.25, -0.2) is 0 Å². The van der Waals surface area contributed by atoms with E-state index in [-0.39, 0.29) is 16.9 Å². The van der Waals surface area contributed by atoms with E-state index in [1.807, 2.05) is 0 Å². The summed E-state index contributed by atoms with van der Waals surface area (Å²) >= 11 is 0. The van der Waals surface area contributed by atoms with Crippen molar-refractivity contribution < 1.29 is 9.22 Å². The largest absolute Gasteiger partial charge is 0.407 e. The molecule has 0 radical (unpaired) electrons. The Bertz CT molecular complexity index is 709. The number of benzene rings is 2. The van der Waals surface area contributed by atoms with E-state index in [2.05, 4.69) is 88.4 Å². The number of carbonyl (C=O) groups is 1. The van der Waals surface area contributed by atoms with Crippen LogP contribution < -0.4 is 10.4 Å². The summed E-state index contributed by atoms with van der Waals surface area (Å²) in [5.41, 5.74) is 0. The molecule has 3 rings (SSSR count). The molecule has 0 aromatic heterocycles. The number of rotatable bonds is 6. The molecule has 27 heavy (non-hydrogen) atoms. The van der Waals surface area contributed by atoms with Gasteiger partial charge in [0.05, 0.1) is 0 Å². The van der Waals surface area contributed by atoms with Gasteiger partial charge in [0.2, 0.25) is 0 Å². The number of Topliss-reactive ketones (excluding diaryl/α,β-unsaturated/α-hetero) is 1. The van der Waals surface area contributed by atoms with Gasteiger partial charge in [-0.15, -0.1) is 0 Å². The molecule has 1 aliphatic carbocycles. The first-order valence-electron chi connectivity index (χ1n) is 10.1. The predicted octanol–water partition coefficient (Wildman–Crippen LogP) is 4.57. The molecule has 0 bridgehead atoms. The fourth-order valence-corrected chi connectivity index (χ4v) is 9.25. The Balaban J connectivity index is 2.00. The zero-order valence-corrected chi connectivity index (χ0v) is 18.1. The topological polar surface area (TPSA) is 26.3 Å². The Morgan fingerprint density at radius 1 is 1.00 bits per heavy atom. The van der Waals surface area contributed by atoms with Crippen LogP contribution in [0.1, 0.15) is 47.0 Å². The molecule has 0 unspecified atom stereocenters. The molecule has 0 amide bonds. The van der Waals surface area contributed by atoms with Crippen molar-refractivity contribution >= 4 is 24.5 Å². The monoisotopic (exact) mass is 380 g/mol. The average molecular weight is 381 g/mol. The van der Waals surface area contributed by atoms with Crippen molar-refractivity contribution in [2.75, 3.05) is 6.61 Å². The van der Waals surface area contributed by atoms with Gasteiger partial charge < -0.3 is 4.43 Å². The maximum atomic E-state index is 12.2. The van der Waals surface area contributed by atoms with Crippen molar-refractivity contribution in [3.8, 4) is 0 Å². The van der Waals surface area contributed by atoms with E-state index in [1.165, 1.54) is 10.4 Å². The predicted molar refractivity (Wildman–Crippen MR) is 115 cm³/mol. The van der Waals surface area contributed by atoms with Crippen molar-refractivity contribution in [1.29, 1.82) is 0 Å². The third-order valence-electron chi connectivity index (χ3n) is 6.02. The van der Waals surface area contributed by atoms with E-state index < -0.39 is 8.32 Å². The number of carbonyl (C=O) groups excluding carboxylic acids is 1. The van der Waals surface area contributed by atoms with Crippen LogP contribution in [0.4, 0.5) is 0 Å². The molecule has 3 heteroatoms. The SMILES string of the molecule is C[C@@H](CO[Si](c1ccccc1)(c1ccccc1)C(C)(C)C)[C@H]1CCCC1=O. The second-order valence-electron chi connectivity index (χ2n) is 8.92. The molecular weight excluding hydrogens is 348 g/mol. The minimum Gasteiger partial charge on any atom is -0.407 e. The van der Waals surface area contributed by atoms with Gasteiger partial charge in [0.25, 0.3) is 8.32 Å². The van der Waals surface area contributed by atoms with Crippen molar-refractivity contribution in [2.45, 2.75) is 52.0 Å². The molecule has 1 aliphatic rings. The quantitative estimate of drug-likeness (QED) is 0.686. The smallest absolute Gasteiger partial charge is 0.261 e. The molecule has 2 atom stereocenters. The maximum absolute atomic E-state index is 12.2.